The van der Waals surface area contributed by atoms with Gasteiger partial charge >= 0.3 is 17.9 Å². The van der Waals surface area contributed by atoms with E-state index < -0.39 is 29.1 Å². The van der Waals surface area contributed by atoms with Crippen molar-refractivity contribution in [3.05, 3.63) is 0 Å². The summed E-state index contributed by atoms with van der Waals surface area (Å²) in [5, 5.41) is 12.1. The van der Waals surface area contributed by atoms with E-state index in [-0.39, 0.29) is 24.1 Å². The van der Waals surface area contributed by atoms with E-state index in [0.717, 1.165) is 51.4 Å². The average Bonchev–Trinajstić information content (AvgIpc) is 3.02. The molecule has 0 aromatic heterocycles. The van der Waals surface area contributed by atoms with E-state index in [1.165, 1.54) is 20.8 Å². The Kier molecular flexibility index (Phi) is 6.82. The molecular weight excluding hydrogens is 436 g/mol. The van der Waals surface area contributed by atoms with E-state index >= 15 is 0 Å². The van der Waals surface area contributed by atoms with Crippen LogP contribution in [0.3, 0.4) is 0 Å². The largest absolute Gasteiger partial charge is 0.463 e. The van der Waals surface area contributed by atoms with Gasteiger partial charge in [-0.1, -0.05) is 13.8 Å². The number of carbonyl (C=O) groups is 3. The highest BCUT2D eigenvalue weighted by molar-refractivity contribution is 5.67. The molecule has 0 aliphatic heterocycles. The highest BCUT2D eigenvalue weighted by Gasteiger charge is 2.67. The molecule has 7 nitrogen and oxygen atoms in total. The number of esters is 3. The van der Waals surface area contributed by atoms with Crippen LogP contribution in [0.25, 0.3) is 0 Å². The molecule has 4 aliphatic carbocycles. The number of aliphatic hydroxyl groups is 1. The molecule has 0 spiro atoms. The summed E-state index contributed by atoms with van der Waals surface area (Å²) >= 11 is 0. The van der Waals surface area contributed by atoms with Gasteiger partial charge < -0.3 is 19.3 Å². The first kappa shape index (κ1) is 25.5. The summed E-state index contributed by atoms with van der Waals surface area (Å²) in [5.74, 6) is 0.919. The van der Waals surface area contributed by atoms with Gasteiger partial charge in [0.15, 0.2) is 6.10 Å². The number of hydrogen-bond donors (Lipinski definition) is 1. The van der Waals surface area contributed by atoms with Crippen molar-refractivity contribution in [3.63, 3.8) is 0 Å². The van der Waals surface area contributed by atoms with Crippen molar-refractivity contribution in [1.29, 1.82) is 0 Å². The van der Waals surface area contributed by atoms with Crippen LogP contribution in [0, 0.1) is 34.5 Å². The lowest BCUT2D eigenvalue weighted by Gasteiger charge is -2.62. The van der Waals surface area contributed by atoms with Crippen LogP contribution in [-0.4, -0.2) is 47.4 Å². The summed E-state index contributed by atoms with van der Waals surface area (Å²) in [6, 6.07) is 0. The summed E-state index contributed by atoms with van der Waals surface area (Å²) in [6.45, 7) is 8.66. The maximum atomic E-state index is 12.1. The molecule has 0 saturated heterocycles. The molecule has 0 amide bonds. The first-order chi connectivity index (χ1) is 15.9. The van der Waals surface area contributed by atoms with E-state index in [1.807, 2.05) is 0 Å². The van der Waals surface area contributed by atoms with Gasteiger partial charge in [-0.15, -0.1) is 0 Å². The molecule has 4 saturated carbocycles. The SMILES string of the molecule is CC(=O)OC[C@H](OC(C)=O)[C@@]1(O)CC[C@H]2[C@@H]3CC[C@H]4C[C@H](OC(C)=O)CC[C@]4(C)[C@H]3CC[C@@]21C. The predicted molar refractivity (Wildman–Crippen MR) is 124 cm³/mol. The average molecular weight is 479 g/mol. The molecule has 4 rings (SSSR count). The summed E-state index contributed by atoms with van der Waals surface area (Å²) in [4.78, 5) is 34.9. The van der Waals surface area contributed by atoms with Crippen LogP contribution in [0.2, 0.25) is 0 Å². The van der Waals surface area contributed by atoms with Crippen LogP contribution in [0.5, 0.6) is 0 Å². The van der Waals surface area contributed by atoms with Crippen molar-refractivity contribution in [2.24, 2.45) is 34.5 Å². The molecule has 0 unspecified atom stereocenters. The minimum Gasteiger partial charge on any atom is -0.463 e. The van der Waals surface area contributed by atoms with Crippen molar-refractivity contribution >= 4 is 17.9 Å². The lowest BCUT2D eigenvalue weighted by molar-refractivity contribution is -0.213. The number of ether oxygens (including phenoxy) is 3. The van der Waals surface area contributed by atoms with Gasteiger partial charge in [-0.05, 0) is 86.9 Å². The van der Waals surface area contributed by atoms with Gasteiger partial charge in [0.25, 0.3) is 0 Å². The van der Waals surface area contributed by atoms with E-state index in [1.54, 1.807) is 0 Å². The van der Waals surface area contributed by atoms with E-state index in [9.17, 15) is 19.5 Å². The normalized spacial score (nSPS) is 44.1. The zero-order valence-electron chi connectivity index (χ0n) is 21.4. The molecule has 192 valence electrons. The van der Waals surface area contributed by atoms with Gasteiger partial charge in [-0.25, -0.2) is 0 Å². The Hall–Kier alpha value is -1.63. The number of rotatable bonds is 5. The molecule has 1 N–H and O–H groups in total. The zero-order chi connectivity index (χ0) is 24.9. The Morgan fingerprint density at radius 3 is 2.24 bits per heavy atom. The highest BCUT2D eigenvalue weighted by Crippen LogP contribution is 2.69. The van der Waals surface area contributed by atoms with Gasteiger partial charge in [-0.3, -0.25) is 14.4 Å². The van der Waals surface area contributed by atoms with Crippen molar-refractivity contribution < 1.29 is 33.7 Å². The monoisotopic (exact) mass is 478 g/mol. The molecule has 4 aliphatic rings. The molecule has 34 heavy (non-hydrogen) atoms. The number of fused-ring (bicyclic) bond motifs is 5. The molecule has 7 heteroatoms. The summed E-state index contributed by atoms with van der Waals surface area (Å²) in [5.41, 5.74) is -1.38. The topological polar surface area (TPSA) is 99.1 Å². The van der Waals surface area contributed by atoms with Crippen molar-refractivity contribution in [2.45, 2.75) is 110 Å². The first-order valence-electron chi connectivity index (χ1n) is 13.1. The van der Waals surface area contributed by atoms with Gasteiger partial charge in [0.2, 0.25) is 0 Å². The maximum Gasteiger partial charge on any atom is 0.303 e. The van der Waals surface area contributed by atoms with Gasteiger partial charge in [-0.2, -0.15) is 0 Å². The third-order valence-corrected chi connectivity index (χ3v) is 10.4. The maximum absolute atomic E-state index is 12.1. The van der Waals surface area contributed by atoms with Crippen molar-refractivity contribution in [1.82, 2.24) is 0 Å². The van der Waals surface area contributed by atoms with Crippen molar-refractivity contribution in [3.8, 4) is 0 Å². The smallest absolute Gasteiger partial charge is 0.303 e. The van der Waals surface area contributed by atoms with Crippen LogP contribution in [0.15, 0.2) is 0 Å². The van der Waals surface area contributed by atoms with Gasteiger partial charge in [0.1, 0.15) is 18.3 Å². The summed E-state index contributed by atoms with van der Waals surface area (Å²) < 4.78 is 16.4. The summed E-state index contributed by atoms with van der Waals surface area (Å²) in [7, 11) is 0. The van der Waals surface area contributed by atoms with Crippen LogP contribution >= 0.6 is 0 Å². The quantitative estimate of drug-likeness (QED) is 0.467. The lowest BCUT2D eigenvalue weighted by Crippen LogP contribution is -2.61. The molecule has 0 bridgehead atoms. The third kappa shape index (κ3) is 4.16. The van der Waals surface area contributed by atoms with Crippen molar-refractivity contribution in [2.75, 3.05) is 6.61 Å². The molecule has 0 aromatic carbocycles. The second kappa shape index (κ2) is 9.11. The highest BCUT2D eigenvalue weighted by atomic mass is 16.6. The fourth-order valence-corrected chi connectivity index (χ4v) is 8.80. The second-order valence-corrected chi connectivity index (χ2v) is 12.0. The van der Waals surface area contributed by atoms with Crippen LogP contribution in [0.4, 0.5) is 0 Å². The Labute approximate surface area is 203 Å². The lowest BCUT2D eigenvalue weighted by atomic mass is 9.44. The fourth-order valence-electron chi connectivity index (χ4n) is 8.80. The molecule has 9 atom stereocenters. The van der Waals surface area contributed by atoms with Crippen LogP contribution in [-0.2, 0) is 28.6 Å². The third-order valence-electron chi connectivity index (χ3n) is 10.4. The Balaban J connectivity index is 1.55. The fraction of sp³-hybridized carbons (Fsp3) is 0.889. The molecule has 4 fully saturated rings. The molecule has 0 heterocycles. The summed E-state index contributed by atoms with van der Waals surface area (Å²) in [6.07, 6.45) is 7.74. The van der Waals surface area contributed by atoms with Crippen LogP contribution in [0.1, 0.15) is 92.4 Å². The zero-order valence-corrected chi connectivity index (χ0v) is 21.4. The molecule has 0 radical (unpaired) electrons. The van der Waals surface area contributed by atoms with Crippen LogP contribution < -0.4 is 0 Å². The van der Waals surface area contributed by atoms with Gasteiger partial charge in [0.05, 0.1) is 0 Å². The second-order valence-electron chi connectivity index (χ2n) is 12.0. The Bertz CT molecular complexity index is 826. The standard InChI is InChI=1S/C27H42O7/c1-16(28)32-15-24(34-18(3)30)27(31)13-10-23-21-7-6-19-14-20(33-17(2)29)8-11-25(19,4)22(21)9-12-26(23,27)5/h19-24,31H,6-15H2,1-5H3/t19-,20+,21+,22-,23-,24-,25-,26-,27-/m0/s1. The predicted octanol–water partition coefficient (Wildman–Crippen LogP) is 4.19. The van der Waals surface area contributed by atoms with Gasteiger partial charge in [0, 0.05) is 26.2 Å². The minimum atomic E-state index is -1.21. The molecule has 0 aromatic rings. The number of hydrogen-bond acceptors (Lipinski definition) is 7. The Morgan fingerprint density at radius 1 is 0.882 bits per heavy atom. The van der Waals surface area contributed by atoms with E-state index in [4.69, 9.17) is 14.2 Å². The Morgan fingerprint density at radius 2 is 1.59 bits per heavy atom. The number of carbonyl (C=O) groups excluding carboxylic acids is 3. The first-order valence-corrected chi connectivity index (χ1v) is 13.1. The van der Waals surface area contributed by atoms with E-state index in [2.05, 4.69) is 13.8 Å². The minimum absolute atomic E-state index is 0.0447. The van der Waals surface area contributed by atoms with E-state index in [0.29, 0.717) is 30.1 Å². The molecular formula is C27H42O7.